The second-order valence-corrected chi connectivity index (χ2v) is 13.1. The number of nitriles is 1. The summed E-state index contributed by atoms with van der Waals surface area (Å²) in [7, 11) is -3.60. The van der Waals surface area contributed by atoms with Gasteiger partial charge in [-0.2, -0.15) is 9.57 Å². The van der Waals surface area contributed by atoms with E-state index in [1.54, 1.807) is 4.31 Å². The first-order valence-electron chi connectivity index (χ1n) is 12.3. The summed E-state index contributed by atoms with van der Waals surface area (Å²) >= 11 is 1.54. The number of quaternary nitrogens is 1. The topological polar surface area (TPSA) is 94.7 Å². The molecule has 2 N–H and O–H groups in total. The van der Waals surface area contributed by atoms with Gasteiger partial charge >= 0.3 is 0 Å². The molecule has 2 heterocycles. The molecule has 0 saturated carbocycles. The van der Waals surface area contributed by atoms with E-state index in [2.05, 4.69) is 18.3 Å². The maximum absolute atomic E-state index is 13.5. The van der Waals surface area contributed by atoms with Crippen molar-refractivity contribution in [1.29, 1.82) is 5.26 Å². The molecule has 0 unspecified atom stereocenters. The predicted octanol–water partition coefficient (Wildman–Crippen LogP) is 2.51. The summed E-state index contributed by atoms with van der Waals surface area (Å²) in [4.78, 5) is 15.5. The Kier molecular flexibility index (Phi) is 7.39. The van der Waals surface area contributed by atoms with Crippen molar-refractivity contribution in [2.45, 2.75) is 58.8 Å². The molecule has 1 aliphatic heterocycles. The summed E-state index contributed by atoms with van der Waals surface area (Å²) in [6.45, 7) is 12.0. The Balaban J connectivity index is 1.40. The third kappa shape index (κ3) is 5.03. The molecule has 9 heteroatoms. The number of thiophene rings is 1. The minimum Gasteiger partial charge on any atom is -0.325 e. The molecule has 2 aromatic rings. The number of nitrogens with one attached hydrogen (secondary N) is 2. The van der Waals surface area contributed by atoms with Gasteiger partial charge in [-0.15, -0.1) is 11.3 Å². The third-order valence-electron chi connectivity index (χ3n) is 7.61. The molecule has 1 fully saturated rings. The SMILES string of the molecule is Cc1cc(C)c(C)c(S(=O)(=O)N2CC[NH+](CC(=O)Nc3sc4c(c3C#N)CC[C@H](C)C4)CC2)c1C. The summed E-state index contributed by atoms with van der Waals surface area (Å²) in [6, 6.07) is 4.33. The van der Waals surface area contributed by atoms with Gasteiger partial charge in [0.15, 0.2) is 6.54 Å². The van der Waals surface area contributed by atoms with Crippen molar-refractivity contribution in [1.82, 2.24) is 4.31 Å². The number of hydrogen-bond acceptors (Lipinski definition) is 5. The number of fused-ring (bicyclic) bond motifs is 1. The Bertz CT molecular complexity index is 1270. The molecule has 35 heavy (non-hydrogen) atoms. The van der Waals surface area contributed by atoms with Gasteiger partial charge in [0.2, 0.25) is 10.0 Å². The van der Waals surface area contributed by atoms with Crippen molar-refractivity contribution in [3.05, 3.63) is 44.3 Å². The van der Waals surface area contributed by atoms with Crippen LogP contribution in [0.3, 0.4) is 0 Å². The van der Waals surface area contributed by atoms with Crippen LogP contribution in [0.25, 0.3) is 0 Å². The smallest absolute Gasteiger partial charge is 0.280 e. The van der Waals surface area contributed by atoms with E-state index in [0.29, 0.717) is 47.6 Å². The Morgan fingerprint density at radius 2 is 1.83 bits per heavy atom. The van der Waals surface area contributed by atoms with Crippen molar-refractivity contribution in [2.75, 3.05) is 38.0 Å². The zero-order chi connectivity index (χ0) is 25.5. The molecule has 188 valence electrons. The fourth-order valence-corrected chi connectivity index (χ4v) is 8.67. The van der Waals surface area contributed by atoms with Crippen LogP contribution in [0, 0.1) is 44.9 Å². The van der Waals surface area contributed by atoms with E-state index in [1.165, 1.54) is 16.2 Å². The van der Waals surface area contributed by atoms with Gasteiger partial charge < -0.3 is 10.2 Å². The van der Waals surface area contributed by atoms with Gasteiger partial charge in [-0.05, 0) is 80.7 Å². The number of sulfonamides is 1. The standard InChI is InChI=1S/C26H34N4O3S2/c1-16-6-7-21-22(14-27)26(34-23(21)12-16)28-24(31)15-29-8-10-30(11-9-29)35(32,33)25-19(4)17(2)13-18(3)20(25)5/h13,16H,6-12,15H2,1-5H3,(H,28,31)/p+1/t16-/m0/s1. The zero-order valence-electron chi connectivity index (χ0n) is 21.2. The van der Waals surface area contributed by atoms with Crippen molar-refractivity contribution < 1.29 is 18.1 Å². The molecule has 1 aromatic carbocycles. The molecule has 0 spiro atoms. The van der Waals surface area contributed by atoms with Gasteiger partial charge in [0.25, 0.3) is 5.91 Å². The Morgan fingerprint density at radius 1 is 1.20 bits per heavy atom. The van der Waals surface area contributed by atoms with Crippen LogP contribution in [0.2, 0.25) is 0 Å². The van der Waals surface area contributed by atoms with Crippen molar-refractivity contribution in [2.24, 2.45) is 5.92 Å². The number of benzene rings is 1. The molecular weight excluding hydrogens is 480 g/mol. The first-order valence-corrected chi connectivity index (χ1v) is 14.5. The maximum Gasteiger partial charge on any atom is 0.280 e. The van der Waals surface area contributed by atoms with Crippen LogP contribution < -0.4 is 10.2 Å². The lowest BCUT2D eigenvalue weighted by molar-refractivity contribution is -0.895. The Hall–Kier alpha value is -2.25. The molecule has 2 aliphatic rings. The summed E-state index contributed by atoms with van der Waals surface area (Å²) < 4.78 is 28.6. The average Bonchev–Trinajstić information content (AvgIpc) is 3.13. The Morgan fingerprint density at radius 3 is 2.43 bits per heavy atom. The van der Waals surface area contributed by atoms with E-state index in [0.717, 1.165) is 52.0 Å². The van der Waals surface area contributed by atoms with Gasteiger partial charge in [0.05, 0.1) is 36.6 Å². The number of rotatable bonds is 5. The number of hydrogen-bond donors (Lipinski definition) is 2. The molecule has 1 atom stereocenters. The quantitative estimate of drug-likeness (QED) is 0.640. The summed E-state index contributed by atoms with van der Waals surface area (Å²) in [6.07, 6.45) is 2.93. The highest BCUT2D eigenvalue weighted by Gasteiger charge is 2.34. The summed E-state index contributed by atoms with van der Waals surface area (Å²) in [5.41, 5.74) is 5.31. The van der Waals surface area contributed by atoms with Gasteiger partial charge in [0.1, 0.15) is 11.1 Å². The lowest BCUT2D eigenvalue weighted by Gasteiger charge is -2.32. The fourth-order valence-electron chi connectivity index (χ4n) is 5.27. The van der Waals surface area contributed by atoms with Crippen LogP contribution in [0.15, 0.2) is 11.0 Å². The highest BCUT2D eigenvalue weighted by atomic mass is 32.2. The van der Waals surface area contributed by atoms with Crippen LogP contribution in [-0.2, 0) is 27.7 Å². The monoisotopic (exact) mass is 515 g/mol. The van der Waals surface area contributed by atoms with E-state index in [9.17, 15) is 18.5 Å². The number of nitrogens with zero attached hydrogens (tertiary/aromatic N) is 2. The van der Waals surface area contributed by atoms with E-state index in [1.807, 2.05) is 33.8 Å². The van der Waals surface area contributed by atoms with E-state index >= 15 is 0 Å². The first-order chi connectivity index (χ1) is 16.5. The predicted molar refractivity (Wildman–Crippen MR) is 139 cm³/mol. The summed E-state index contributed by atoms with van der Waals surface area (Å²) in [5, 5.41) is 13.3. The van der Waals surface area contributed by atoms with E-state index < -0.39 is 10.0 Å². The minimum absolute atomic E-state index is 0.125. The van der Waals surface area contributed by atoms with Crippen LogP contribution in [-0.4, -0.2) is 51.4 Å². The number of aryl methyl sites for hydroxylation is 2. The van der Waals surface area contributed by atoms with Crippen molar-refractivity contribution >= 4 is 32.3 Å². The largest absolute Gasteiger partial charge is 0.325 e. The minimum atomic E-state index is -3.60. The molecule has 0 bridgehead atoms. The highest BCUT2D eigenvalue weighted by molar-refractivity contribution is 7.89. The molecule has 7 nitrogen and oxygen atoms in total. The number of carbonyl (C=O) groups excluding carboxylic acids is 1. The average molecular weight is 516 g/mol. The van der Waals surface area contributed by atoms with Crippen molar-refractivity contribution in [3.8, 4) is 6.07 Å². The number of anilines is 1. The van der Waals surface area contributed by atoms with Crippen molar-refractivity contribution in [3.63, 3.8) is 0 Å². The maximum atomic E-state index is 13.5. The summed E-state index contributed by atoms with van der Waals surface area (Å²) in [5.74, 6) is 0.477. The number of amides is 1. The van der Waals surface area contributed by atoms with Gasteiger partial charge in [-0.1, -0.05) is 13.0 Å². The molecule has 1 saturated heterocycles. The zero-order valence-corrected chi connectivity index (χ0v) is 22.9. The number of piperazine rings is 1. The molecule has 1 aromatic heterocycles. The second kappa shape index (κ2) is 10.0. The van der Waals surface area contributed by atoms with Crippen LogP contribution in [0.1, 0.15) is 51.6 Å². The van der Waals surface area contributed by atoms with E-state index in [4.69, 9.17) is 0 Å². The molecule has 0 radical (unpaired) electrons. The van der Waals surface area contributed by atoms with Crippen LogP contribution in [0.4, 0.5) is 5.00 Å². The Labute approximate surface area is 212 Å². The molecule has 1 amide bonds. The van der Waals surface area contributed by atoms with Crippen LogP contribution >= 0.6 is 11.3 Å². The molecule has 1 aliphatic carbocycles. The van der Waals surface area contributed by atoms with E-state index in [-0.39, 0.29) is 12.5 Å². The van der Waals surface area contributed by atoms with Gasteiger partial charge in [-0.3, -0.25) is 4.79 Å². The normalized spacial score (nSPS) is 19.3. The first kappa shape index (κ1) is 25.8. The molecular formula is C26H35N4O3S2+. The highest BCUT2D eigenvalue weighted by Crippen LogP contribution is 2.39. The molecule has 4 rings (SSSR count). The third-order valence-corrected chi connectivity index (χ3v) is 11.0. The number of carbonyl (C=O) groups is 1. The van der Waals surface area contributed by atoms with Gasteiger partial charge in [-0.25, -0.2) is 8.42 Å². The lowest BCUT2D eigenvalue weighted by atomic mass is 9.89. The fraction of sp³-hybridized carbons (Fsp3) is 0.538. The van der Waals surface area contributed by atoms with Crippen LogP contribution in [0.5, 0.6) is 0 Å². The lowest BCUT2D eigenvalue weighted by Crippen LogP contribution is -3.15. The van der Waals surface area contributed by atoms with Gasteiger partial charge in [0, 0.05) is 4.88 Å². The second-order valence-electron chi connectivity index (χ2n) is 10.1.